The molecule has 0 radical (unpaired) electrons. The molecule has 0 fully saturated rings. The monoisotopic (exact) mass is 1490 g/mol. The van der Waals surface area contributed by atoms with Gasteiger partial charge in [0.05, 0.1) is 22.3 Å². The lowest BCUT2D eigenvalue weighted by atomic mass is 9.98. The van der Waals surface area contributed by atoms with E-state index in [1.165, 1.54) is 165 Å². The minimum Gasteiger partial charge on any atom is -0.338 e. The van der Waals surface area contributed by atoms with Gasteiger partial charge < -0.3 is 18.3 Å². The van der Waals surface area contributed by atoms with E-state index in [0.29, 0.717) is 10.9 Å². The summed E-state index contributed by atoms with van der Waals surface area (Å²) in [7, 11) is 16.8. The first-order chi connectivity index (χ1) is 55.1. The summed E-state index contributed by atoms with van der Waals surface area (Å²) < 4.78 is 66.0. The van der Waals surface area contributed by atoms with E-state index < -0.39 is 13.7 Å². The average Bonchev–Trinajstić information content (AvgIpc) is 1.58. The highest BCUT2D eigenvalue weighted by atomic mass is 15.0. The van der Waals surface area contributed by atoms with E-state index in [0.717, 1.165) is 44.0 Å². The number of aromatic nitrogens is 8. The van der Waals surface area contributed by atoms with Crippen LogP contribution in [-0.4, -0.2) is 18.3 Å². The second kappa shape index (κ2) is 30.6. The zero-order valence-electron chi connectivity index (χ0n) is 70.9. The molecule has 566 valence electrons. The SMILES string of the molecule is C.C.C.C.Cc1ccc(-c2c3c(c(C)c[n+]2C)c2c4ccccc4ccc2n3C)c(C)c1.Cc1ccc2c(ccc3c2c2cc[n+](C)c(-c4ccccc4C)c2n3C)c1.Cc1ccccc1-c1c2c(cc[n+]1C)c1c3ccccc3ccc1n2C.[2H]C([2H])([2H])c1ccc(-c2c3c(c(C([2H])([2H])[2H])c[n+]2C)c2c4ccccc4ccc2n3C)c(C)c1. The number of nitrogens with zero attached hydrogens (tertiary/aromatic N) is 8. The quantitative estimate of drug-likeness (QED) is 0.157. The first-order valence-corrected chi connectivity index (χ1v) is 37.6. The summed E-state index contributed by atoms with van der Waals surface area (Å²) in [6.45, 7) is 10.5. The maximum Gasteiger partial charge on any atom is 0.237 e. The molecular weight excluding hydrogens is 1370 g/mol. The first kappa shape index (κ1) is 70.8. The molecule has 8 heterocycles. The van der Waals surface area contributed by atoms with Crippen LogP contribution in [0.25, 0.3) is 175 Å². The van der Waals surface area contributed by atoms with Crippen molar-refractivity contribution in [2.24, 2.45) is 56.4 Å². The van der Waals surface area contributed by atoms with Gasteiger partial charge in [0.1, 0.15) is 50.3 Å². The van der Waals surface area contributed by atoms with Gasteiger partial charge >= 0.3 is 0 Å². The molecule has 0 unspecified atom stereocenters. The molecule has 12 aromatic carbocycles. The van der Waals surface area contributed by atoms with Crippen LogP contribution in [0.3, 0.4) is 0 Å². The number of hydrogen-bond acceptors (Lipinski definition) is 0. The summed E-state index contributed by atoms with van der Waals surface area (Å²) in [5.41, 5.74) is 28.1. The molecule has 113 heavy (non-hydrogen) atoms. The van der Waals surface area contributed by atoms with Gasteiger partial charge in [-0.15, -0.1) is 0 Å². The first-order valence-electron chi connectivity index (χ1n) is 40.6. The Morgan fingerprint density at radius 3 is 1.03 bits per heavy atom. The molecule has 0 bridgehead atoms. The summed E-state index contributed by atoms with van der Waals surface area (Å²) in [6, 6.07) is 83.5. The van der Waals surface area contributed by atoms with E-state index in [4.69, 9.17) is 8.22 Å². The molecule has 0 saturated carbocycles. The number of pyridine rings is 4. The molecule has 0 amide bonds. The summed E-state index contributed by atoms with van der Waals surface area (Å²) in [4.78, 5) is 0. The summed E-state index contributed by atoms with van der Waals surface area (Å²) in [5.74, 6) is 0. The molecule has 0 aliphatic heterocycles. The molecule has 0 aliphatic carbocycles. The van der Waals surface area contributed by atoms with Crippen LogP contribution in [0.1, 0.15) is 88.0 Å². The van der Waals surface area contributed by atoms with Crippen LogP contribution in [-0.2, 0) is 56.4 Å². The molecule has 8 nitrogen and oxygen atoms in total. The van der Waals surface area contributed by atoms with E-state index >= 15 is 0 Å². The molecule has 20 aromatic rings. The Morgan fingerprint density at radius 2 is 0.584 bits per heavy atom. The van der Waals surface area contributed by atoms with E-state index in [1.807, 2.05) is 62.0 Å². The third kappa shape index (κ3) is 12.8. The summed E-state index contributed by atoms with van der Waals surface area (Å²) >= 11 is 0. The highest BCUT2D eigenvalue weighted by Crippen LogP contribution is 2.44. The number of aryl methyl sites for hydroxylation is 17. The lowest BCUT2D eigenvalue weighted by molar-refractivity contribution is -0.659. The van der Waals surface area contributed by atoms with Crippen molar-refractivity contribution in [1.29, 1.82) is 0 Å². The van der Waals surface area contributed by atoms with Gasteiger partial charge in [-0.25, -0.2) is 0 Å². The van der Waals surface area contributed by atoms with E-state index in [1.54, 1.807) is 18.3 Å². The van der Waals surface area contributed by atoms with Crippen molar-refractivity contribution in [3.05, 3.63) is 311 Å². The number of fused-ring (bicyclic) bond motifs is 20. The predicted molar refractivity (Wildman–Crippen MR) is 488 cm³/mol. The third-order valence-electron chi connectivity index (χ3n) is 23.2. The third-order valence-corrected chi connectivity index (χ3v) is 23.2. The molecule has 8 heteroatoms. The van der Waals surface area contributed by atoms with Crippen LogP contribution in [0.15, 0.2) is 261 Å². The van der Waals surface area contributed by atoms with Crippen LogP contribution in [0.5, 0.6) is 0 Å². The normalized spacial score (nSPS) is 12.3. The lowest BCUT2D eigenvalue weighted by Gasteiger charge is -2.10. The van der Waals surface area contributed by atoms with Crippen molar-refractivity contribution >= 4 is 130 Å². The van der Waals surface area contributed by atoms with Crippen molar-refractivity contribution in [3.63, 3.8) is 0 Å². The molecule has 0 atom stereocenters. The van der Waals surface area contributed by atoms with Crippen molar-refractivity contribution in [3.8, 4) is 45.0 Å². The van der Waals surface area contributed by atoms with Gasteiger partial charge in [0.2, 0.25) is 22.8 Å². The molecule has 0 N–H and O–H groups in total. The maximum atomic E-state index is 8.31. The lowest BCUT2D eigenvalue weighted by Crippen LogP contribution is -2.32. The predicted octanol–water partition coefficient (Wildman–Crippen LogP) is 25.2. The minimum atomic E-state index is -2.31. The summed E-state index contributed by atoms with van der Waals surface area (Å²) in [6.07, 6.45) is 8.35. The molecule has 8 aromatic heterocycles. The van der Waals surface area contributed by atoms with E-state index in [9.17, 15) is 0 Å². The van der Waals surface area contributed by atoms with Gasteiger partial charge in [0.25, 0.3) is 0 Å². The Kier molecular flexibility index (Phi) is 19.2. The average molecular weight is 1490 g/mol. The largest absolute Gasteiger partial charge is 0.338 e. The topological polar surface area (TPSA) is 35.2 Å². The van der Waals surface area contributed by atoms with Crippen molar-refractivity contribution in [2.45, 2.75) is 91.9 Å². The molecule has 0 spiro atoms. The Hall–Kier alpha value is -12.5. The van der Waals surface area contributed by atoms with Gasteiger partial charge in [-0.05, 0) is 176 Å². The van der Waals surface area contributed by atoms with Gasteiger partial charge in [-0.1, -0.05) is 222 Å². The minimum absolute atomic E-state index is 0. The van der Waals surface area contributed by atoms with Crippen LogP contribution < -0.4 is 18.3 Å². The number of hydrogen-bond donors (Lipinski definition) is 0. The van der Waals surface area contributed by atoms with Crippen LogP contribution >= 0.6 is 0 Å². The van der Waals surface area contributed by atoms with E-state index in [-0.39, 0.29) is 35.3 Å². The fourth-order valence-corrected chi connectivity index (χ4v) is 18.1. The van der Waals surface area contributed by atoms with Crippen molar-refractivity contribution in [1.82, 2.24) is 18.3 Å². The van der Waals surface area contributed by atoms with Crippen LogP contribution in [0, 0.1) is 62.2 Å². The maximum absolute atomic E-state index is 8.31. The fraction of sp³-hybridized carbons (Fsp3) is 0.200. The molecule has 20 rings (SSSR count). The van der Waals surface area contributed by atoms with Gasteiger partial charge in [-0.3, -0.25) is 0 Å². The van der Waals surface area contributed by atoms with Gasteiger partial charge in [0.15, 0.2) is 24.8 Å². The Bertz CT molecular complexity index is 7450. The van der Waals surface area contributed by atoms with Crippen LogP contribution in [0.4, 0.5) is 0 Å². The summed E-state index contributed by atoms with van der Waals surface area (Å²) in [5, 5.41) is 19.6. The second-order valence-electron chi connectivity index (χ2n) is 30.2. The highest BCUT2D eigenvalue weighted by molar-refractivity contribution is 6.26. The zero-order chi connectivity index (χ0) is 80.7. The fourth-order valence-electron chi connectivity index (χ4n) is 18.1. The van der Waals surface area contributed by atoms with Crippen molar-refractivity contribution < 1.29 is 26.5 Å². The molecule has 0 saturated heterocycles. The highest BCUT2D eigenvalue weighted by Gasteiger charge is 2.30. The number of benzene rings is 12. The molecular formula is C105H110N8+4. The molecule has 0 aliphatic rings. The number of rotatable bonds is 4. The Labute approximate surface area is 676 Å². The van der Waals surface area contributed by atoms with Crippen LogP contribution in [0.2, 0.25) is 0 Å². The Balaban J connectivity index is 0.000000136. The van der Waals surface area contributed by atoms with E-state index in [2.05, 4.69) is 322 Å². The smallest absolute Gasteiger partial charge is 0.237 e. The Morgan fingerprint density at radius 1 is 0.248 bits per heavy atom. The van der Waals surface area contributed by atoms with Gasteiger partial charge in [0, 0.05) is 125 Å². The standard InChI is InChI=1S/2C26H25N2.C25H23N2.C24H21N2.4CH4/c2*1-16-10-12-20(17(2)14-16)25-26-23(18(3)15-27(25)4)24-21-9-7-6-8-19(21)11-13-22(24)28(26)5;1-16-9-11-20-18(15-16)10-12-22-23(20)21-13-14-26(3)24(25(21)27(22)4)19-8-6-5-7-17(19)2;1-16-8-4-6-10-18(16)23-24-20(14-15-25(23)2)22-19-11-7-5-9-17(19)12-13-21(22)26(24)3;;;;/h2*6-15H,1-5H3;5-15H,1-4H3;4-15H,1-3H3;4*1H4/q4*+1;;;;/i1D3,3D3;;;;;;;. The zero-order valence-corrected chi connectivity index (χ0v) is 64.9. The van der Waals surface area contributed by atoms with Gasteiger partial charge in [-0.2, -0.15) is 18.3 Å². The van der Waals surface area contributed by atoms with Crippen molar-refractivity contribution in [2.75, 3.05) is 0 Å². The second-order valence-corrected chi connectivity index (χ2v) is 30.2.